The predicted octanol–water partition coefficient (Wildman–Crippen LogP) is 2.88. The Morgan fingerprint density at radius 1 is 1.28 bits per heavy atom. The van der Waals surface area contributed by atoms with Gasteiger partial charge in [-0.15, -0.1) is 0 Å². The molecule has 1 saturated heterocycles. The second kappa shape index (κ2) is 7.46. The van der Waals surface area contributed by atoms with Crippen molar-refractivity contribution >= 4 is 0 Å². The molecular formula is C15H29NO2. The van der Waals surface area contributed by atoms with Crippen LogP contribution >= 0.6 is 0 Å². The highest BCUT2D eigenvalue weighted by atomic mass is 16.5. The van der Waals surface area contributed by atoms with Crippen LogP contribution in [0.1, 0.15) is 58.3 Å². The highest BCUT2D eigenvalue weighted by molar-refractivity contribution is 4.93. The summed E-state index contributed by atoms with van der Waals surface area (Å²) in [5.41, 5.74) is 0.235. The van der Waals surface area contributed by atoms with Gasteiger partial charge in [0.05, 0.1) is 12.2 Å². The van der Waals surface area contributed by atoms with Gasteiger partial charge >= 0.3 is 0 Å². The molecule has 1 aliphatic carbocycles. The van der Waals surface area contributed by atoms with Crippen molar-refractivity contribution in [3.8, 4) is 0 Å². The Morgan fingerprint density at radius 2 is 2.11 bits per heavy atom. The third-order valence-electron chi connectivity index (χ3n) is 4.33. The van der Waals surface area contributed by atoms with Crippen molar-refractivity contribution < 1.29 is 9.47 Å². The van der Waals surface area contributed by atoms with Crippen LogP contribution in [0.2, 0.25) is 0 Å². The maximum Gasteiger partial charge on any atom is 0.0697 e. The van der Waals surface area contributed by atoms with Crippen LogP contribution in [-0.2, 0) is 9.47 Å². The van der Waals surface area contributed by atoms with Crippen LogP contribution in [-0.4, -0.2) is 38.0 Å². The lowest BCUT2D eigenvalue weighted by Crippen LogP contribution is -2.46. The molecule has 1 spiro atoms. The fraction of sp³-hybridized carbons (Fsp3) is 1.00. The number of nitrogens with one attached hydrogen (secondary N) is 1. The maximum atomic E-state index is 6.04. The summed E-state index contributed by atoms with van der Waals surface area (Å²) in [6, 6.07) is 0.645. The van der Waals surface area contributed by atoms with E-state index in [0.29, 0.717) is 6.04 Å². The SMILES string of the molecule is CCCCOCCNC1CCOC2(CCCC2)C1. The fourth-order valence-electron chi connectivity index (χ4n) is 3.25. The summed E-state index contributed by atoms with van der Waals surface area (Å²) in [7, 11) is 0. The third-order valence-corrected chi connectivity index (χ3v) is 4.33. The zero-order valence-electron chi connectivity index (χ0n) is 11.9. The summed E-state index contributed by atoms with van der Waals surface area (Å²) in [4.78, 5) is 0. The first-order chi connectivity index (χ1) is 8.85. The predicted molar refractivity (Wildman–Crippen MR) is 73.9 cm³/mol. The van der Waals surface area contributed by atoms with Gasteiger partial charge in [0, 0.05) is 25.8 Å². The molecule has 1 heterocycles. The number of ether oxygens (including phenoxy) is 2. The van der Waals surface area contributed by atoms with Crippen LogP contribution < -0.4 is 5.32 Å². The van der Waals surface area contributed by atoms with Crippen molar-refractivity contribution in [1.29, 1.82) is 0 Å². The Bertz CT molecular complexity index is 227. The number of rotatable bonds is 7. The van der Waals surface area contributed by atoms with E-state index in [1.54, 1.807) is 0 Å². The molecule has 1 saturated carbocycles. The van der Waals surface area contributed by atoms with Gasteiger partial charge in [-0.25, -0.2) is 0 Å². The van der Waals surface area contributed by atoms with Gasteiger partial charge < -0.3 is 14.8 Å². The summed E-state index contributed by atoms with van der Waals surface area (Å²) < 4.78 is 11.6. The molecule has 0 aromatic rings. The molecule has 1 atom stereocenters. The fourth-order valence-corrected chi connectivity index (χ4v) is 3.25. The molecule has 1 unspecified atom stereocenters. The van der Waals surface area contributed by atoms with E-state index in [2.05, 4.69) is 12.2 Å². The van der Waals surface area contributed by atoms with Gasteiger partial charge in [0.25, 0.3) is 0 Å². The monoisotopic (exact) mass is 255 g/mol. The van der Waals surface area contributed by atoms with Gasteiger partial charge in [-0.2, -0.15) is 0 Å². The lowest BCUT2D eigenvalue weighted by atomic mass is 9.89. The van der Waals surface area contributed by atoms with Gasteiger partial charge in [-0.3, -0.25) is 0 Å². The van der Waals surface area contributed by atoms with E-state index in [0.717, 1.165) is 32.8 Å². The van der Waals surface area contributed by atoms with Gasteiger partial charge in [0.15, 0.2) is 0 Å². The molecule has 2 aliphatic rings. The molecule has 0 radical (unpaired) electrons. The lowest BCUT2D eigenvalue weighted by molar-refractivity contribution is -0.0840. The summed E-state index contributed by atoms with van der Waals surface area (Å²) in [5, 5.41) is 3.64. The summed E-state index contributed by atoms with van der Waals surface area (Å²) in [5.74, 6) is 0. The van der Waals surface area contributed by atoms with Gasteiger partial charge in [0.2, 0.25) is 0 Å². The average molecular weight is 255 g/mol. The summed E-state index contributed by atoms with van der Waals surface area (Å²) in [6.45, 7) is 5.89. The largest absolute Gasteiger partial charge is 0.380 e. The van der Waals surface area contributed by atoms with E-state index in [9.17, 15) is 0 Å². The Balaban J connectivity index is 1.58. The number of hydrogen-bond donors (Lipinski definition) is 1. The van der Waals surface area contributed by atoms with Crippen molar-refractivity contribution in [3.63, 3.8) is 0 Å². The topological polar surface area (TPSA) is 30.5 Å². The molecule has 0 aromatic carbocycles. The van der Waals surface area contributed by atoms with Crippen molar-refractivity contribution in [2.75, 3.05) is 26.4 Å². The molecular weight excluding hydrogens is 226 g/mol. The third kappa shape index (κ3) is 4.22. The zero-order chi connectivity index (χ0) is 12.7. The van der Waals surface area contributed by atoms with Crippen molar-refractivity contribution in [2.24, 2.45) is 0 Å². The minimum atomic E-state index is 0.235. The molecule has 0 aromatic heterocycles. The Labute approximate surface area is 112 Å². The van der Waals surface area contributed by atoms with Crippen LogP contribution in [0.3, 0.4) is 0 Å². The molecule has 3 heteroatoms. The molecule has 0 bridgehead atoms. The first kappa shape index (κ1) is 14.3. The van der Waals surface area contributed by atoms with Gasteiger partial charge in [-0.1, -0.05) is 26.2 Å². The van der Waals surface area contributed by atoms with Crippen LogP contribution in [0.15, 0.2) is 0 Å². The second-order valence-electron chi connectivity index (χ2n) is 5.85. The molecule has 1 aliphatic heterocycles. The average Bonchev–Trinajstić information content (AvgIpc) is 2.82. The Morgan fingerprint density at radius 3 is 2.89 bits per heavy atom. The Hall–Kier alpha value is -0.120. The van der Waals surface area contributed by atoms with Crippen LogP contribution in [0, 0.1) is 0 Å². The van der Waals surface area contributed by atoms with E-state index in [-0.39, 0.29) is 5.60 Å². The van der Waals surface area contributed by atoms with Crippen LogP contribution in [0.5, 0.6) is 0 Å². The van der Waals surface area contributed by atoms with Gasteiger partial charge in [0.1, 0.15) is 0 Å². The van der Waals surface area contributed by atoms with E-state index in [1.807, 2.05) is 0 Å². The van der Waals surface area contributed by atoms with E-state index in [4.69, 9.17) is 9.47 Å². The standard InChI is InChI=1S/C15H29NO2/c1-2-3-10-17-12-9-16-14-6-11-18-15(13-14)7-4-5-8-15/h14,16H,2-13H2,1H3. The van der Waals surface area contributed by atoms with Crippen molar-refractivity contribution in [3.05, 3.63) is 0 Å². The first-order valence-electron chi connectivity index (χ1n) is 7.80. The molecule has 2 rings (SSSR count). The van der Waals surface area contributed by atoms with Crippen LogP contribution in [0.4, 0.5) is 0 Å². The molecule has 2 fully saturated rings. The summed E-state index contributed by atoms with van der Waals surface area (Å²) in [6.07, 6.45) is 10.0. The highest BCUT2D eigenvalue weighted by Gasteiger charge is 2.39. The molecule has 18 heavy (non-hydrogen) atoms. The van der Waals surface area contributed by atoms with E-state index < -0.39 is 0 Å². The first-order valence-corrected chi connectivity index (χ1v) is 7.80. The van der Waals surface area contributed by atoms with Gasteiger partial charge in [-0.05, 0) is 32.1 Å². The highest BCUT2D eigenvalue weighted by Crippen LogP contribution is 2.39. The second-order valence-corrected chi connectivity index (χ2v) is 5.85. The quantitative estimate of drug-likeness (QED) is 0.710. The summed E-state index contributed by atoms with van der Waals surface area (Å²) >= 11 is 0. The lowest BCUT2D eigenvalue weighted by Gasteiger charge is -2.38. The molecule has 0 amide bonds. The molecule has 1 N–H and O–H groups in total. The molecule has 3 nitrogen and oxygen atoms in total. The van der Waals surface area contributed by atoms with E-state index >= 15 is 0 Å². The smallest absolute Gasteiger partial charge is 0.0697 e. The number of unbranched alkanes of at least 4 members (excludes halogenated alkanes) is 1. The normalized spacial score (nSPS) is 26.8. The molecule has 106 valence electrons. The van der Waals surface area contributed by atoms with Crippen molar-refractivity contribution in [2.45, 2.75) is 69.9 Å². The Kier molecular flexibility index (Phi) is 5.93. The van der Waals surface area contributed by atoms with Crippen molar-refractivity contribution in [1.82, 2.24) is 5.32 Å². The maximum absolute atomic E-state index is 6.04. The van der Waals surface area contributed by atoms with Crippen LogP contribution in [0.25, 0.3) is 0 Å². The van der Waals surface area contributed by atoms with E-state index in [1.165, 1.54) is 44.9 Å². The number of hydrogen-bond acceptors (Lipinski definition) is 3. The zero-order valence-corrected chi connectivity index (χ0v) is 11.9. The minimum Gasteiger partial charge on any atom is -0.380 e. The minimum absolute atomic E-state index is 0.235.